The summed E-state index contributed by atoms with van der Waals surface area (Å²) in [7, 11) is 0. The zero-order valence-electron chi connectivity index (χ0n) is 6.43. The summed E-state index contributed by atoms with van der Waals surface area (Å²) in [5, 5.41) is 0. The molecule has 0 bridgehead atoms. The van der Waals surface area contributed by atoms with Crippen LogP contribution in [0.4, 0.5) is 0 Å². The molecular formula is C8H14OS. The molecule has 10 heavy (non-hydrogen) atoms. The fourth-order valence-electron chi connectivity index (χ4n) is 1.23. The second-order valence-electron chi connectivity index (χ2n) is 3.24. The minimum absolute atomic E-state index is 0.00347. The maximum Gasteiger partial charge on any atom is 0.125 e. The maximum absolute atomic E-state index is 10.6. The van der Waals surface area contributed by atoms with E-state index in [-0.39, 0.29) is 5.41 Å². The third kappa shape index (κ3) is 2.01. The number of hydrogen-bond donors (Lipinski definition) is 0. The highest BCUT2D eigenvalue weighted by Crippen LogP contribution is 2.31. The molecule has 1 atom stereocenters. The van der Waals surface area contributed by atoms with Crippen molar-refractivity contribution in [1.82, 2.24) is 0 Å². The molecule has 1 nitrogen and oxygen atoms in total. The molecule has 1 unspecified atom stereocenters. The summed E-state index contributed by atoms with van der Waals surface area (Å²) in [6, 6.07) is 0. The number of aldehydes is 1. The second kappa shape index (κ2) is 3.42. The molecule has 0 aromatic rings. The monoisotopic (exact) mass is 158 g/mol. The van der Waals surface area contributed by atoms with Crippen LogP contribution < -0.4 is 0 Å². The lowest BCUT2D eigenvalue weighted by Gasteiger charge is -2.18. The molecule has 0 spiro atoms. The predicted octanol–water partition coefficient (Wildman–Crippen LogP) is 2.11. The zero-order chi connectivity index (χ0) is 7.45. The van der Waals surface area contributed by atoms with Crippen LogP contribution >= 0.6 is 11.8 Å². The largest absolute Gasteiger partial charge is 0.303 e. The molecule has 0 aromatic heterocycles. The first-order chi connectivity index (χ1) is 4.77. The number of carbonyl (C=O) groups excluding carboxylic acids is 1. The van der Waals surface area contributed by atoms with E-state index in [1.807, 2.05) is 11.8 Å². The number of hydrogen-bond acceptors (Lipinski definition) is 2. The van der Waals surface area contributed by atoms with Gasteiger partial charge in [0, 0.05) is 5.41 Å². The van der Waals surface area contributed by atoms with E-state index >= 15 is 0 Å². The van der Waals surface area contributed by atoms with Crippen molar-refractivity contribution in [3.05, 3.63) is 0 Å². The lowest BCUT2D eigenvalue weighted by atomic mass is 9.85. The van der Waals surface area contributed by atoms with Gasteiger partial charge in [-0.15, -0.1) is 0 Å². The molecule has 1 fully saturated rings. The topological polar surface area (TPSA) is 17.1 Å². The maximum atomic E-state index is 10.6. The van der Waals surface area contributed by atoms with Crippen LogP contribution in [0, 0.1) is 5.41 Å². The summed E-state index contributed by atoms with van der Waals surface area (Å²) in [6.07, 6.45) is 4.50. The lowest BCUT2D eigenvalue weighted by Crippen LogP contribution is -2.17. The van der Waals surface area contributed by atoms with Crippen molar-refractivity contribution < 1.29 is 4.79 Å². The van der Waals surface area contributed by atoms with Crippen molar-refractivity contribution >= 4 is 18.0 Å². The Balaban J connectivity index is 2.48. The van der Waals surface area contributed by atoms with Gasteiger partial charge in [0.15, 0.2) is 0 Å². The molecule has 1 aliphatic rings. The van der Waals surface area contributed by atoms with Gasteiger partial charge in [0.05, 0.1) is 0 Å². The molecular weight excluding hydrogens is 144 g/mol. The average Bonchev–Trinajstić information content (AvgIpc) is 2.15. The molecule has 0 aromatic carbocycles. The molecule has 0 amide bonds. The van der Waals surface area contributed by atoms with Crippen molar-refractivity contribution in [2.75, 3.05) is 11.5 Å². The number of thioether (sulfide) groups is 1. The summed E-state index contributed by atoms with van der Waals surface area (Å²) in [4.78, 5) is 10.6. The van der Waals surface area contributed by atoms with E-state index in [4.69, 9.17) is 0 Å². The highest BCUT2D eigenvalue weighted by atomic mass is 32.2. The van der Waals surface area contributed by atoms with Gasteiger partial charge in [-0.2, -0.15) is 11.8 Å². The third-order valence-corrected chi connectivity index (χ3v) is 3.21. The van der Waals surface area contributed by atoms with Crippen LogP contribution in [0.2, 0.25) is 0 Å². The molecule has 0 radical (unpaired) electrons. The first kappa shape index (κ1) is 8.12. The van der Waals surface area contributed by atoms with E-state index < -0.39 is 0 Å². The van der Waals surface area contributed by atoms with Crippen LogP contribution in [0.1, 0.15) is 26.2 Å². The minimum atomic E-state index is 0.00347. The summed E-state index contributed by atoms with van der Waals surface area (Å²) < 4.78 is 0. The van der Waals surface area contributed by atoms with Crippen molar-refractivity contribution in [2.45, 2.75) is 26.2 Å². The molecule has 1 heterocycles. The van der Waals surface area contributed by atoms with E-state index in [0.717, 1.165) is 24.9 Å². The Morgan fingerprint density at radius 1 is 1.40 bits per heavy atom. The Bertz CT molecular complexity index is 114. The first-order valence-electron chi connectivity index (χ1n) is 3.81. The van der Waals surface area contributed by atoms with E-state index in [0.29, 0.717) is 0 Å². The van der Waals surface area contributed by atoms with Gasteiger partial charge in [0.2, 0.25) is 0 Å². The molecule has 0 saturated carbocycles. The smallest absolute Gasteiger partial charge is 0.125 e. The quantitative estimate of drug-likeness (QED) is 0.544. The van der Waals surface area contributed by atoms with Crippen molar-refractivity contribution in [2.24, 2.45) is 5.41 Å². The lowest BCUT2D eigenvalue weighted by molar-refractivity contribution is -0.115. The summed E-state index contributed by atoms with van der Waals surface area (Å²) in [6.45, 7) is 2.08. The number of rotatable bonds is 1. The normalized spacial score (nSPS) is 34.9. The van der Waals surface area contributed by atoms with Crippen LogP contribution in [-0.4, -0.2) is 17.8 Å². The van der Waals surface area contributed by atoms with Gasteiger partial charge >= 0.3 is 0 Å². The van der Waals surface area contributed by atoms with Crippen molar-refractivity contribution in [1.29, 1.82) is 0 Å². The van der Waals surface area contributed by atoms with E-state index in [2.05, 4.69) is 6.92 Å². The Kier molecular flexibility index (Phi) is 2.78. The summed E-state index contributed by atoms with van der Waals surface area (Å²) in [5.41, 5.74) is 0.00347. The standard InChI is InChI=1S/C8H14OS/c1-8(7-9)3-2-5-10-6-4-8/h7H,2-6H2,1H3. The molecule has 1 rings (SSSR count). The van der Waals surface area contributed by atoms with E-state index in [1.54, 1.807) is 0 Å². The fraction of sp³-hybridized carbons (Fsp3) is 0.875. The van der Waals surface area contributed by atoms with Crippen molar-refractivity contribution in [3.63, 3.8) is 0 Å². The Morgan fingerprint density at radius 3 is 2.90 bits per heavy atom. The van der Waals surface area contributed by atoms with Crippen LogP contribution in [0.25, 0.3) is 0 Å². The van der Waals surface area contributed by atoms with Gasteiger partial charge in [-0.25, -0.2) is 0 Å². The molecule has 1 saturated heterocycles. The fourth-order valence-corrected chi connectivity index (χ4v) is 2.39. The van der Waals surface area contributed by atoms with Gasteiger partial charge in [-0.05, 0) is 30.8 Å². The predicted molar refractivity (Wildman–Crippen MR) is 45.3 cm³/mol. The Labute approximate surface area is 66.6 Å². The molecule has 58 valence electrons. The Morgan fingerprint density at radius 2 is 2.20 bits per heavy atom. The highest BCUT2D eigenvalue weighted by Gasteiger charge is 2.24. The highest BCUT2D eigenvalue weighted by molar-refractivity contribution is 7.99. The van der Waals surface area contributed by atoms with Crippen LogP contribution in [0.5, 0.6) is 0 Å². The van der Waals surface area contributed by atoms with Crippen molar-refractivity contribution in [3.8, 4) is 0 Å². The van der Waals surface area contributed by atoms with Gasteiger partial charge in [-0.1, -0.05) is 6.92 Å². The minimum Gasteiger partial charge on any atom is -0.303 e. The Hall–Kier alpha value is 0.0200. The van der Waals surface area contributed by atoms with E-state index in [9.17, 15) is 4.79 Å². The van der Waals surface area contributed by atoms with Gasteiger partial charge in [0.25, 0.3) is 0 Å². The first-order valence-corrected chi connectivity index (χ1v) is 4.96. The van der Waals surface area contributed by atoms with Gasteiger partial charge in [0.1, 0.15) is 6.29 Å². The summed E-state index contributed by atoms with van der Waals surface area (Å²) >= 11 is 1.97. The zero-order valence-corrected chi connectivity index (χ0v) is 7.25. The van der Waals surface area contributed by atoms with E-state index in [1.165, 1.54) is 12.2 Å². The molecule has 1 aliphatic heterocycles. The molecule has 0 aliphatic carbocycles. The molecule has 0 N–H and O–H groups in total. The van der Waals surface area contributed by atoms with Crippen LogP contribution in [0.3, 0.4) is 0 Å². The van der Waals surface area contributed by atoms with Gasteiger partial charge in [-0.3, -0.25) is 0 Å². The van der Waals surface area contributed by atoms with Gasteiger partial charge < -0.3 is 4.79 Å². The second-order valence-corrected chi connectivity index (χ2v) is 4.46. The molecule has 2 heteroatoms. The summed E-state index contributed by atoms with van der Waals surface area (Å²) in [5.74, 6) is 2.40. The SMILES string of the molecule is CC1(C=O)CCCSCC1. The average molecular weight is 158 g/mol. The van der Waals surface area contributed by atoms with Crippen LogP contribution in [-0.2, 0) is 4.79 Å². The number of carbonyl (C=O) groups is 1. The van der Waals surface area contributed by atoms with Crippen LogP contribution in [0.15, 0.2) is 0 Å². The third-order valence-electron chi connectivity index (χ3n) is 2.14.